The fraction of sp³-hybridized carbons (Fsp3) is 0.182. The van der Waals surface area contributed by atoms with Crippen LogP contribution in [0.5, 0.6) is 0 Å². The number of nitrogens with one attached hydrogen (secondary N) is 1. The lowest BCUT2D eigenvalue weighted by atomic mass is 10.0. The number of nitrogens with zero attached hydrogens (tertiary/aromatic N) is 3. The maximum atomic E-state index is 13.3. The number of anilines is 1. The summed E-state index contributed by atoms with van der Waals surface area (Å²) in [4.78, 5) is 30.9. The summed E-state index contributed by atoms with van der Waals surface area (Å²) in [5.74, 6) is -0.894. The van der Waals surface area contributed by atoms with Crippen LogP contribution in [0.2, 0.25) is 0 Å². The lowest BCUT2D eigenvalue weighted by Gasteiger charge is -2.09. The number of thiophene rings is 1. The Morgan fingerprint density at radius 3 is 2.50 bits per heavy atom. The van der Waals surface area contributed by atoms with Crippen LogP contribution in [0, 0.1) is 20.8 Å². The summed E-state index contributed by atoms with van der Waals surface area (Å²) in [5.41, 5.74) is 10.0. The number of nitrogens with two attached hydrogens (primary N) is 1. The van der Waals surface area contributed by atoms with Gasteiger partial charge in [0, 0.05) is 17.5 Å². The van der Waals surface area contributed by atoms with Crippen LogP contribution >= 0.6 is 11.3 Å². The third-order valence-corrected chi connectivity index (χ3v) is 6.26. The number of aryl methyl sites for hydroxylation is 3. The van der Waals surface area contributed by atoms with Crippen LogP contribution in [0.3, 0.4) is 0 Å². The second-order valence-corrected chi connectivity index (χ2v) is 8.36. The van der Waals surface area contributed by atoms with Gasteiger partial charge in [-0.3, -0.25) is 14.3 Å². The molecule has 0 bridgehead atoms. The van der Waals surface area contributed by atoms with E-state index in [-0.39, 0.29) is 5.91 Å². The van der Waals surface area contributed by atoms with Crippen LogP contribution in [0.4, 0.5) is 5.00 Å². The molecule has 7 nitrogen and oxygen atoms in total. The number of primary amides is 1. The van der Waals surface area contributed by atoms with E-state index in [0.717, 1.165) is 16.0 Å². The molecule has 0 saturated carbocycles. The summed E-state index contributed by atoms with van der Waals surface area (Å²) in [7, 11) is 1.80. The molecule has 3 aromatic heterocycles. The van der Waals surface area contributed by atoms with Gasteiger partial charge in [-0.1, -0.05) is 30.3 Å². The van der Waals surface area contributed by atoms with Crippen LogP contribution in [-0.4, -0.2) is 26.6 Å². The first kappa shape index (κ1) is 19.8. The molecule has 4 rings (SSSR count). The van der Waals surface area contributed by atoms with Gasteiger partial charge in [0.1, 0.15) is 5.00 Å². The fourth-order valence-corrected chi connectivity index (χ4v) is 4.62. The lowest BCUT2D eigenvalue weighted by molar-refractivity contribution is 0.100. The standard InChI is InChI=1S/C22H21N5O2S/c1-11-13(3)30-22(17(11)19(23)28)25-21(29)15-10-16(14-8-6-5-7-9-14)24-20-18(15)12(2)26-27(20)4/h5-10H,1-4H3,(H2,23,28)(H,25,29). The van der Waals surface area contributed by atoms with E-state index in [1.807, 2.05) is 51.1 Å². The van der Waals surface area contributed by atoms with Gasteiger partial charge in [-0.2, -0.15) is 5.10 Å². The van der Waals surface area contributed by atoms with E-state index < -0.39 is 5.91 Å². The largest absolute Gasteiger partial charge is 0.365 e. The van der Waals surface area contributed by atoms with Gasteiger partial charge in [0.05, 0.1) is 27.9 Å². The molecule has 30 heavy (non-hydrogen) atoms. The maximum absolute atomic E-state index is 13.3. The molecule has 0 aliphatic rings. The van der Waals surface area contributed by atoms with Gasteiger partial charge in [-0.15, -0.1) is 11.3 Å². The second-order valence-electron chi connectivity index (χ2n) is 7.13. The van der Waals surface area contributed by atoms with E-state index in [2.05, 4.69) is 10.4 Å². The molecule has 0 radical (unpaired) electrons. The Morgan fingerprint density at radius 2 is 1.83 bits per heavy atom. The van der Waals surface area contributed by atoms with Crippen LogP contribution < -0.4 is 11.1 Å². The zero-order valence-corrected chi connectivity index (χ0v) is 17.9. The third kappa shape index (κ3) is 3.25. The van der Waals surface area contributed by atoms with Gasteiger partial charge < -0.3 is 11.1 Å². The van der Waals surface area contributed by atoms with E-state index in [1.165, 1.54) is 11.3 Å². The average Bonchev–Trinajstić information content (AvgIpc) is 3.16. The summed E-state index contributed by atoms with van der Waals surface area (Å²) in [6.45, 7) is 5.56. The first-order chi connectivity index (χ1) is 14.3. The Hall–Kier alpha value is -3.52. The fourth-order valence-electron chi connectivity index (χ4n) is 3.56. The summed E-state index contributed by atoms with van der Waals surface area (Å²) in [5, 5.41) is 8.47. The van der Waals surface area contributed by atoms with Crippen molar-refractivity contribution in [3.8, 4) is 11.3 Å². The van der Waals surface area contributed by atoms with Crippen LogP contribution in [0.1, 0.15) is 36.9 Å². The van der Waals surface area contributed by atoms with Gasteiger partial charge in [0.15, 0.2) is 5.65 Å². The first-order valence-electron chi connectivity index (χ1n) is 9.38. The predicted octanol–water partition coefficient (Wildman–Crippen LogP) is 3.97. The number of fused-ring (bicyclic) bond motifs is 1. The molecule has 0 spiro atoms. The molecular formula is C22H21N5O2S. The van der Waals surface area contributed by atoms with E-state index in [9.17, 15) is 9.59 Å². The van der Waals surface area contributed by atoms with Gasteiger partial charge >= 0.3 is 0 Å². The molecule has 1 aromatic carbocycles. The van der Waals surface area contributed by atoms with Gasteiger partial charge in [0.25, 0.3) is 11.8 Å². The van der Waals surface area contributed by atoms with Crippen molar-refractivity contribution >= 4 is 39.2 Å². The van der Waals surface area contributed by atoms with Gasteiger partial charge in [0.2, 0.25) is 0 Å². The molecule has 3 heterocycles. The van der Waals surface area contributed by atoms with Crippen molar-refractivity contribution in [1.82, 2.24) is 14.8 Å². The number of aromatic nitrogens is 3. The van der Waals surface area contributed by atoms with Crippen molar-refractivity contribution in [2.45, 2.75) is 20.8 Å². The molecule has 0 saturated heterocycles. The third-order valence-electron chi connectivity index (χ3n) is 5.14. The van der Waals surface area contributed by atoms with E-state index in [4.69, 9.17) is 10.7 Å². The Labute approximate surface area is 177 Å². The smallest absolute Gasteiger partial charge is 0.257 e. The number of hydrogen-bond donors (Lipinski definition) is 2. The summed E-state index contributed by atoms with van der Waals surface area (Å²) < 4.78 is 1.67. The highest BCUT2D eigenvalue weighted by molar-refractivity contribution is 7.16. The van der Waals surface area contributed by atoms with Gasteiger partial charge in [-0.25, -0.2) is 4.98 Å². The summed E-state index contributed by atoms with van der Waals surface area (Å²) in [6, 6.07) is 11.4. The molecule has 0 fully saturated rings. The lowest BCUT2D eigenvalue weighted by Crippen LogP contribution is -2.18. The molecular weight excluding hydrogens is 398 g/mol. The average molecular weight is 420 g/mol. The van der Waals surface area contributed by atoms with E-state index in [1.54, 1.807) is 17.8 Å². The van der Waals surface area contributed by atoms with Gasteiger partial charge in [-0.05, 0) is 32.4 Å². The number of carbonyl (C=O) groups excluding carboxylic acids is 2. The molecule has 0 unspecified atom stereocenters. The van der Waals surface area contributed by atoms with Crippen molar-refractivity contribution in [3.05, 3.63) is 63.7 Å². The minimum Gasteiger partial charge on any atom is -0.365 e. The van der Waals surface area contributed by atoms with Crippen LogP contribution in [0.15, 0.2) is 36.4 Å². The molecule has 0 aliphatic heterocycles. The van der Waals surface area contributed by atoms with Crippen molar-refractivity contribution in [1.29, 1.82) is 0 Å². The number of rotatable bonds is 4. The highest BCUT2D eigenvalue weighted by atomic mass is 32.1. The topological polar surface area (TPSA) is 103 Å². The van der Waals surface area contributed by atoms with Crippen molar-refractivity contribution in [2.24, 2.45) is 12.8 Å². The Balaban J connectivity index is 1.87. The molecule has 4 aromatic rings. The Morgan fingerprint density at radius 1 is 1.13 bits per heavy atom. The number of hydrogen-bond acceptors (Lipinski definition) is 5. The predicted molar refractivity (Wildman–Crippen MR) is 119 cm³/mol. The van der Waals surface area contributed by atoms with Crippen molar-refractivity contribution in [3.63, 3.8) is 0 Å². The molecule has 0 aliphatic carbocycles. The number of carbonyl (C=O) groups is 2. The number of benzene rings is 1. The SMILES string of the molecule is Cc1sc(NC(=O)c2cc(-c3ccccc3)nc3c2c(C)nn3C)c(C(N)=O)c1C. The quantitative estimate of drug-likeness (QED) is 0.522. The highest BCUT2D eigenvalue weighted by Crippen LogP contribution is 2.33. The normalized spacial score (nSPS) is 11.1. The van der Waals surface area contributed by atoms with Crippen LogP contribution in [-0.2, 0) is 7.05 Å². The van der Waals surface area contributed by atoms with Crippen molar-refractivity contribution in [2.75, 3.05) is 5.32 Å². The van der Waals surface area contributed by atoms with Crippen molar-refractivity contribution < 1.29 is 9.59 Å². The zero-order chi connectivity index (χ0) is 21.6. The minimum absolute atomic E-state index is 0.334. The monoisotopic (exact) mass is 419 g/mol. The first-order valence-corrected chi connectivity index (χ1v) is 10.2. The van der Waals surface area contributed by atoms with E-state index >= 15 is 0 Å². The molecule has 0 atom stereocenters. The molecule has 152 valence electrons. The molecule has 2 amide bonds. The zero-order valence-electron chi connectivity index (χ0n) is 17.1. The Kier molecular flexibility index (Phi) is 4.87. The summed E-state index contributed by atoms with van der Waals surface area (Å²) in [6.07, 6.45) is 0. The number of pyridine rings is 1. The second kappa shape index (κ2) is 7.38. The number of amides is 2. The Bertz CT molecular complexity index is 1300. The molecule has 8 heteroatoms. The maximum Gasteiger partial charge on any atom is 0.257 e. The molecule has 3 N–H and O–H groups in total. The summed E-state index contributed by atoms with van der Waals surface area (Å²) >= 11 is 1.34. The highest BCUT2D eigenvalue weighted by Gasteiger charge is 2.23. The van der Waals surface area contributed by atoms with Crippen LogP contribution in [0.25, 0.3) is 22.3 Å². The minimum atomic E-state index is -0.561. The van der Waals surface area contributed by atoms with E-state index in [0.29, 0.717) is 38.5 Å².